The van der Waals surface area contributed by atoms with Gasteiger partial charge in [0.25, 0.3) is 0 Å². The van der Waals surface area contributed by atoms with Gasteiger partial charge in [-0.05, 0) is 59.5 Å². The minimum atomic E-state index is -1.46. The van der Waals surface area contributed by atoms with Crippen molar-refractivity contribution in [3.63, 3.8) is 0 Å². The van der Waals surface area contributed by atoms with Gasteiger partial charge in [-0.3, -0.25) is 0 Å². The minimum Gasteiger partial charge on any atom is -0.423 e. The molecule has 0 radical (unpaired) electrons. The monoisotopic (exact) mass is 604 g/mol. The molecule has 8 heteroatoms. The molecule has 0 aliphatic rings. The fourth-order valence-electron chi connectivity index (χ4n) is 6.01. The molecule has 8 rings (SSSR count). The van der Waals surface area contributed by atoms with Gasteiger partial charge in [0.15, 0.2) is 0 Å². The predicted molar refractivity (Wildman–Crippen MR) is 193 cm³/mol. The van der Waals surface area contributed by atoms with Gasteiger partial charge in [0.05, 0.1) is 22.1 Å². The molecule has 0 atom stereocenters. The van der Waals surface area contributed by atoms with Gasteiger partial charge in [-0.15, -0.1) is 0 Å². The molecule has 0 amide bonds. The molecule has 2 heterocycles. The van der Waals surface area contributed by atoms with Gasteiger partial charge in [-0.1, -0.05) is 111 Å². The molecule has 0 aliphatic heterocycles. The second kappa shape index (κ2) is 13.5. The lowest BCUT2D eigenvalue weighted by atomic mass is 9.80. The average Bonchev–Trinajstić information content (AvgIpc) is 3.62. The Kier molecular flexibility index (Phi) is 9.06. The van der Waals surface area contributed by atoms with Crippen molar-refractivity contribution in [1.82, 2.24) is 9.13 Å². The van der Waals surface area contributed by atoms with E-state index in [1.165, 1.54) is 0 Å². The Morgan fingerprint density at radius 2 is 0.696 bits per heavy atom. The summed E-state index contributed by atoms with van der Waals surface area (Å²) in [6.07, 6.45) is 0. The second-order valence-corrected chi connectivity index (χ2v) is 10.7. The second-order valence-electron chi connectivity index (χ2n) is 10.7. The van der Waals surface area contributed by atoms with E-state index in [1.807, 2.05) is 98.8 Å². The lowest BCUT2D eigenvalue weighted by Gasteiger charge is -2.07. The van der Waals surface area contributed by atoms with Crippen LogP contribution in [-0.2, 0) is 0 Å². The Labute approximate surface area is 268 Å². The van der Waals surface area contributed by atoms with Gasteiger partial charge >= 0.3 is 14.2 Å². The summed E-state index contributed by atoms with van der Waals surface area (Å²) in [6.45, 7) is 4.00. The number of hydrogen-bond acceptors (Lipinski definition) is 4. The van der Waals surface area contributed by atoms with Crippen LogP contribution in [0.2, 0.25) is 0 Å². The summed E-state index contributed by atoms with van der Waals surface area (Å²) in [7, 11) is -2.91. The molecule has 8 aromatic rings. The van der Waals surface area contributed by atoms with E-state index >= 15 is 0 Å². The molecule has 0 bridgehead atoms. The van der Waals surface area contributed by atoms with E-state index in [2.05, 4.69) is 57.7 Å². The molecule has 6 nitrogen and oxygen atoms in total. The molecule has 226 valence electrons. The van der Waals surface area contributed by atoms with Crippen molar-refractivity contribution in [1.29, 1.82) is 0 Å². The van der Waals surface area contributed by atoms with Gasteiger partial charge in [0.2, 0.25) is 0 Å². The molecule has 0 aliphatic carbocycles. The Bertz CT molecular complexity index is 2080. The Morgan fingerprint density at radius 1 is 0.370 bits per heavy atom. The van der Waals surface area contributed by atoms with Crippen molar-refractivity contribution in [2.75, 3.05) is 0 Å². The van der Waals surface area contributed by atoms with E-state index in [0.29, 0.717) is 10.9 Å². The van der Waals surface area contributed by atoms with E-state index in [9.17, 15) is 20.1 Å². The predicted octanol–water partition coefficient (Wildman–Crippen LogP) is 5.95. The maximum atomic E-state index is 9.43. The number of nitrogens with zero attached hydrogens (tertiary/aromatic N) is 2. The standard InChI is InChI=1S/2C18H14BNO2.C2H6/c2*21-19(22)13-10-11-18-16(12-13)15-8-4-5-9-17(15)20(18)14-6-2-1-3-7-14;1-2/h2*1-12,21-22H;1-2H3. The normalized spacial score (nSPS) is 10.8. The summed E-state index contributed by atoms with van der Waals surface area (Å²) in [4.78, 5) is 0. The molecule has 0 fully saturated rings. The zero-order chi connectivity index (χ0) is 32.2. The molecule has 2 aromatic heterocycles. The van der Waals surface area contributed by atoms with Crippen LogP contribution in [0.4, 0.5) is 0 Å². The number of aromatic nitrogens is 2. The van der Waals surface area contributed by atoms with E-state index < -0.39 is 14.2 Å². The first-order chi connectivity index (χ1) is 22.5. The van der Waals surface area contributed by atoms with Gasteiger partial charge in [-0.25, -0.2) is 0 Å². The fraction of sp³-hybridized carbons (Fsp3) is 0.0526. The molecule has 4 N–H and O–H groups in total. The highest BCUT2D eigenvalue weighted by Crippen LogP contribution is 2.32. The average molecular weight is 604 g/mol. The van der Waals surface area contributed by atoms with Gasteiger partial charge in [0.1, 0.15) is 0 Å². The van der Waals surface area contributed by atoms with Crippen molar-refractivity contribution in [3.05, 3.63) is 146 Å². The first kappa shape index (κ1) is 30.9. The van der Waals surface area contributed by atoms with Crippen LogP contribution in [0.25, 0.3) is 55.0 Å². The van der Waals surface area contributed by atoms with E-state index in [1.54, 1.807) is 12.1 Å². The number of benzene rings is 6. The van der Waals surface area contributed by atoms with Gasteiger partial charge < -0.3 is 29.2 Å². The quantitative estimate of drug-likeness (QED) is 0.187. The summed E-state index contributed by atoms with van der Waals surface area (Å²) >= 11 is 0. The summed E-state index contributed by atoms with van der Waals surface area (Å²) in [5.41, 5.74) is 7.50. The first-order valence-electron chi connectivity index (χ1n) is 15.4. The molecular formula is C38H34B2N2O4. The highest BCUT2D eigenvalue weighted by molar-refractivity contribution is 6.59. The van der Waals surface area contributed by atoms with Crippen LogP contribution in [0, 0.1) is 0 Å². The topological polar surface area (TPSA) is 90.8 Å². The first-order valence-corrected chi connectivity index (χ1v) is 15.4. The van der Waals surface area contributed by atoms with Crippen molar-refractivity contribution in [2.24, 2.45) is 0 Å². The smallest absolute Gasteiger partial charge is 0.423 e. The SMILES string of the molecule is CC.OB(O)c1ccc2c(c1)c1ccccc1n2-c1ccccc1.OB(O)c1ccc2c(c1)c1ccccc1n2-c1ccccc1. The van der Waals surface area contributed by atoms with Crippen LogP contribution >= 0.6 is 0 Å². The van der Waals surface area contributed by atoms with Crippen molar-refractivity contribution in [3.8, 4) is 11.4 Å². The number of fused-ring (bicyclic) bond motifs is 6. The van der Waals surface area contributed by atoms with Crippen LogP contribution < -0.4 is 10.9 Å². The number of rotatable bonds is 4. The third kappa shape index (κ3) is 5.71. The summed E-state index contributed by atoms with van der Waals surface area (Å²) < 4.78 is 4.39. The lowest BCUT2D eigenvalue weighted by Crippen LogP contribution is -2.29. The summed E-state index contributed by atoms with van der Waals surface area (Å²) in [6, 6.07) is 47.7. The molecule has 0 saturated heterocycles. The van der Waals surface area contributed by atoms with E-state index in [-0.39, 0.29) is 0 Å². The minimum absolute atomic E-state index is 0.503. The van der Waals surface area contributed by atoms with Crippen LogP contribution in [0.15, 0.2) is 146 Å². The van der Waals surface area contributed by atoms with Crippen LogP contribution in [0.3, 0.4) is 0 Å². The Morgan fingerprint density at radius 3 is 1.07 bits per heavy atom. The van der Waals surface area contributed by atoms with Gasteiger partial charge in [-0.2, -0.15) is 0 Å². The molecule has 0 unspecified atom stereocenters. The zero-order valence-corrected chi connectivity index (χ0v) is 25.7. The molecular weight excluding hydrogens is 570 g/mol. The highest BCUT2D eigenvalue weighted by Gasteiger charge is 2.17. The number of hydrogen-bond donors (Lipinski definition) is 4. The van der Waals surface area contributed by atoms with Crippen molar-refractivity contribution in [2.45, 2.75) is 13.8 Å². The molecule has 0 saturated carbocycles. The van der Waals surface area contributed by atoms with Gasteiger partial charge in [0, 0.05) is 32.9 Å². The zero-order valence-electron chi connectivity index (χ0n) is 25.7. The third-order valence-corrected chi connectivity index (χ3v) is 8.02. The summed E-state index contributed by atoms with van der Waals surface area (Å²) in [5.74, 6) is 0. The molecule has 0 spiro atoms. The Balaban J connectivity index is 0.000000153. The lowest BCUT2D eigenvalue weighted by molar-refractivity contribution is 0.424. The third-order valence-electron chi connectivity index (χ3n) is 8.02. The van der Waals surface area contributed by atoms with Crippen LogP contribution in [0.1, 0.15) is 13.8 Å². The number of para-hydroxylation sites is 4. The maximum absolute atomic E-state index is 9.43. The van der Waals surface area contributed by atoms with E-state index in [4.69, 9.17) is 0 Å². The molecule has 46 heavy (non-hydrogen) atoms. The van der Waals surface area contributed by atoms with Crippen LogP contribution in [0.5, 0.6) is 0 Å². The maximum Gasteiger partial charge on any atom is 0.488 e. The molecule has 6 aromatic carbocycles. The van der Waals surface area contributed by atoms with Crippen molar-refractivity contribution >= 4 is 68.8 Å². The Hall–Kier alpha value is -5.11. The fourth-order valence-corrected chi connectivity index (χ4v) is 6.01. The highest BCUT2D eigenvalue weighted by atomic mass is 16.4. The summed E-state index contributed by atoms with van der Waals surface area (Å²) in [5, 5.41) is 42.0. The van der Waals surface area contributed by atoms with E-state index in [0.717, 1.165) is 55.0 Å². The largest absolute Gasteiger partial charge is 0.488 e. The van der Waals surface area contributed by atoms with Crippen LogP contribution in [-0.4, -0.2) is 43.5 Å². The van der Waals surface area contributed by atoms with Crippen molar-refractivity contribution < 1.29 is 20.1 Å².